The second-order valence-electron chi connectivity index (χ2n) is 10.6. The summed E-state index contributed by atoms with van der Waals surface area (Å²) in [6.07, 6.45) is 6.69. The number of imidazole rings is 1. The first-order valence-electron chi connectivity index (χ1n) is 14.0. The van der Waals surface area contributed by atoms with E-state index in [2.05, 4.69) is 37.6 Å². The van der Waals surface area contributed by atoms with E-state index in [0.29, 0.717) is 22.5 Å². The van der Waals surface area contributed by atoms with Crippen LogP contribution >= 0.6 is 0 Å². The Morgan fingerprint density at radius 2 is 1.78 bits per heavy atom. The molecule has 1 saturated heterocycles. The van der Waals surface area contributed by atoms with Crippen LogP contribution in [0.2, 0.25) is 0 Å². The summed E-state index contributed by atoms with van der Waals surface area (Å²) in [7, 11) is 0. The Kier molecular flexibility index (Phi) is 7.35. The van der Waals surface area contributed by atoms with Crippen molar-refractivity contribution >= 4 is 34.2 Å². The fraction of sp³-hybridized carbons (Fsp3) is 0.250. The van der Waals surface area contributed by atoms with Gasteiger partial charge in [-0.15, -0.1) is 0 Å². The molecule has 0 aliphatic carbocycles. The van der Waals surface area contributed by atoms with Crippen molar-refractivity contribution in [2.24, 2.45) is 0 Å². The Labute approximate surface area is 238 Å². The molecule has 1 aromatic heterocycles. The minimum absolute atomic E-state index is 0.0659. The second-order valence-corrected chi connectivity index (χ2v) is 10.6. The number of aromatic nitrogens is 2. The van der Waals surface area contributed by atoms with Crippen molar-refractivity contribution < 1.29 is 9.72 Å². The lowest BCUT2D eigenvalue weighted by Crippen LogP contribution is -2.31. The number of H-pyrrole nitrogens is 1. The summed E-state index contributed by atoms with van der Waals surface area (Å²) in [5.41, 5.74) is 6.60. The Balaban J connectivity index is 1.34. The lowest BCUT2D eigenvalue weighted by Gasteiger charge is -2.26. The van der Waals surface area contributed by atoms with E-state index in [-0.39, 0.29) is 11.6 Å². The van der Waals surface area contributed by atoms with Crippen LogP contribution < -0.4 is 10.6 Å². The van der Waals surface area contributed by atoms with Crippen LogP contribution in [-0.4, -0.2) is 45.3 Å². The summed E-state index contributed by atoms with van der Waals surface area (Å²) < 4.78 is 0. The zero-order valence-electron chi connectivity index (χ0n) is 22.9. The maximum Gasteiger partial charge on any atom is 0.270 e. The molecule has 9 nitrogen and oxygen atoms in total. The molecule has 2 aliphatic rings. The first-order valence-corrected chi connectivity index (χ1v) is 14.0. The maximum atomic E-state index is 13.3. The van der Waals surface area contributed by atoms with E-state index in [9.17, 15) is 14.9 Å². The molecule has 2 aliphatic heterocycles. The predicted octanol–water partition coefficient (Wildman–Crippen LogP) is 6.25. The Bertz CT molecular complexity index is 1620. The van der Waals surface area contributed by atoms with E-state index >= 15 is 0 Å². The van der Waals surface area contributed by atoms with Crippen LogP contribution in [0.25, 0.3) is 22.5 Å². The molecule has 3 N–H and O–H groups in total. The van der Waals surface area contributed by atoms with Crippen molar-refractivity contribution in [2.75, 3.05) is 30.3 Å². The normalized spacial score (nSPS) is 16.3. The molecule has 3 aromatic carbocycles. The minimum Gasteiger partial charge on any atom is -0.354 e. The fourth-order valence-corrected chi connectivity index (χ4v) is 5.54. The van der Waals surface area contributed by atoms with Crippen molar-refractivity contribution in [2.45, 2.75) is 32.6 Å². The fourth-order valence-electron chi connectivity index (χ4n) is 5.54. The van der Waals surface area contributed by atoms with E-state index in [1.54, 1.807) is 6.07 Å². The number of nitrogens with one attached hydrogen (secondary N) is 3. The number of nitro benzene ring substituents is 1. The number of anilines is 2. The van der Waals surface area contributed by atoms with Gasteiger partial charge in [0.2, 0.25) is 0 Å². The molecule has 9 heteroatoms. The average Bonchev–Trinajstić information content (AvgIpc) is 3.57. The third kappa shape index (κ3) is 5.76. The van der Waals surface area contributed by atoms with E-state index < -0.39 is 4.92 Å². The SMILES string of the molecule is Cc1nc(-c2ccc(N/C(=C3\C(=O)Nc4ccc([N+](=O)[O-])cc43)c3ccc(CCN4CCCCC4)cc3)cc2)c[nH]1. The molecular formula is C32H32N6O3. The number of aryl methyl sites for hydroxylation is 1. The number of hydrogen-bond acceptors (Lipinski definition) is 6. The van der Waals surface area contributed by atoms with Crippen LogP contribution in [0.15, 0.2) is 72.9 Å². The molecule has 1 amide bonds. The smallest absolute Gasteiger partial charge is 0.270 e. The number of carbonyl (C=O) groups excluding carboxylic acids is 1. The van der Waals surface area contributed by atoms with Crippen LogP contribution in [0.5, 0.6) is 0 Å². The average molecular weight is 549 g/mol. The van der Waals surface area contributed by atoms with Crippen LogP contribution in [0.3, 0.4) is 0 Å². The van der Waals surface area contributed by atoms with Crippen molar-refractivity contribution in [3.63, 3.8) is 0 Å². The van der Waals surface area contributed by atoms with Crippen LogP contribution in [0.4, 0.5) is 17.1 Å². The molecule has 0 bridgehead atoms. The Morgan fingerprint density at radius 1 is 1.02 bits per heavy atom. The van der Waals surface area contributed by atoms with Gasteiger partial charge in [0.15, 0.2) is 0 Å². The van der Waals surface area contributed by atoms with Crippen LogP contribution in [0.1, 0.15) is 41.8 Å². The number of rotatable bonds is 8. The van der Waals surface area contributed by atoms with Gasteiger partial charge in [-0.05, 0) is 68.6 Å². The molecule has 0 spiro atoms. The number of amides is 1. The highest BCUT2D eigenvalue weighted by Crippen LogP contribution is 2.39. The molecule has 0 saturated carbocycles. The monoisotopic (exact) mass is 548 g/mol. The van der Waals surface area contributed by atoms with Gasteiger partial charge in [-0.1, -0.05) is 42.8 Å². The third-order valence-electron chi connectivity index (χ3n) is 7.77. The van der Waals surface area contributed by atoms with E-state index in [0.717, 1.165) is 54.4 Å². The zero-order valence-corrected chi connectivity index (χ0v) is 22.9. The Hall–Kier alpha value is -4.76. The lowest BCUT2D eigenvalue weighted by molar-refractivity contribution is -0.384. The van der Waals surface area contributed by atoms with Gasteiger partial charge in [-0.3, -0.25) is 14.9 Å². The molecule has 0 atom stereocenters. The lowest BCUT2D eigenvalue weighted by atomic mass is 9.98. The largest absolute Gasteiger partial charge is 0.354 e. The number of piperidine rings is 1. The molecule has 3 heterocycles. The number of non-ortho nitro benzene ring substituents is 1. The number of carbonyl (C=O) groups is 1. The number of benzene rings is 3. The molecule has 208 valence electrons. The Morgan fingerprint density at radius 3 is 2.46 bits per heavy atom. The highest BCUT2D eigenvalue weighted by atomic mass is 16.6. The molecule has 6 rings (SSSR count). The summed E-state index contributed by atoms with van der Waals surface area (Å²) in [4.78, 5) is 34.5. The second kappa shape index (κ2) is 11.4. The number of nitrogens with zero attached hydrogens (tertiary/aromatic N) is 3. The number of hydrogen-bond donors (Lipinski definition) is 3. The molecule has 4 aromatic rings. The number of likely N-dealkylation sites (tertiary alicyclic amines) is 1. The van der Waals surface area contributed by atoms with E-state index in [1.807, 2.05) is 49.5 Å². The summed E-state index contributed by atoms with van der Waals surface area (Å²) in [6, 6.07) is 20.5. The highest BCUT2D eigenvalue weighted by molar-refractivity contribution is 6.37. The number of fused-ring (bicyclic) bond motifs is 1. The van der Waals surface area contributed by atoms with Gasteiger partial charge in [0, 0.05) is 47.4 Å². The molecule has 0 unspecified atom stereocenters. The summed E-state index contributed by atoms with van der Waals surface area (Å²) in [6.45, 7) is 5.27. The summed E-state index contributed by atoms with van der Waals surface area (Å²) in [5.74, 6) is 0.536. The topological polar surface area (TPSA) is 116 Å². The van der Waals surface area contributed by atoms with Crippen LogP contribution in [0, 0.1) is 17.0 Å². The molecule has 0 radical (unpaired) electrons. The van der Waals surface area contributed by atoms with Crippen molar-refractivity contribution in [3.8, 4) is 11.3 Å². The highest BCUT2D eigenvalue weighted by Gasteiger charge is 2.30. The van der Waals surface area contributed by atoms with Crippen molar-refractivity contribution in [3.05, 3.63) is 106 Å². The van der Waals surface area contributed by atoms with Gasteiger partial charge in [0.1, 0.15) is 5.82 Å². The van der Waals surface area contributed by atoms with Gasteiger partial charge in [-0.25, -0.2) is 4.98 Å². The van der Waals surface area contributed by atoms with Crippen LogP contribution in [-0.2, 0) is 11.2 Å². The van der Waals surface area contributed by atoms with E-state index in [4.69, 9.17) is 0 Å². The number of aromatic amines is 1. The maximum absolute atomic E-state index is 13.3. The quantitative estimate of drug-likeness (QED) is 0.136. The van der Waals surface area contributed by atoms with Gasteiger partial charge in [0.05, 0.1) is 21.9 Å². The summed E-state index contributed by atoms with van der Waals surface area (Å²) >= 11 is 0. The number of nitro groups is 1. The molecule has 1 fully saturated rings. The predicted molar refractivity (Wildman–Crippen MR) is 161 cm³/mol. The third-order valence-corrected chi connectivity index (χ3v) is 7.77. The van der Waals surface area contributed by atoms with Gasteiger partial charge < -0.3 is 20.5 Å². The molecular weight excluding hydrogens is 516 g/mol. The first kappa shape index (κ1) is 26.5. The zero-order chi connectivity index (χ0) is 28.3. The van der Waals surface area contributed by atoms with E-state index in [1.165, 1.54) is 37.0 Å². The first-order chi connectivity index (χ1) is 19.9. The van der Waals surface area contributed by atoms with Gasteiger partial charge in [0.25, 0.3) is 11.6 Å². The molecule has 41 heavy (non-hydrogen) atoms. The standard InChI is InChI=1S/C32H32N6O3/c1-21-33-20-29(34-21)23-9-11-25(12-10-23)35-31(30-27-19-26(38(40)41)13-14-28(27)36-32(30)39)24-7-5-22(6-8-24)15-18-37-16-3-2-4-17-37/h5-14,19-20,35H,2-4,15-18H2,1H3,(H,33,34)(H,36,39)/b31-30-. The van der Waals surface area contributed by atoms with Gasteiger partial charge >= 0.3 is 0 Å². The van der Waals surface area contributed by atoms with Crippen molar-refractivity contribution in [1.82, 2.24) is 14.9 Å². The minimum atomic E-state index is -0.444. The van der Waals surface area contributed by atoms with Crippen molar-refractivity contribution in [1.29, 1.82) is 0 Å². The van der Waals surface area contributed by atoms with Gasteiger partial charge in [-0.2, -0.15) is 0 Å². The summed E-state index contributed by atoms with van der Waals surface area (Å²) in [5, 5.41) is 17.9.